The minimum atomic E-state index is -1.13. The number of aromatic nitrogens is 2. The maximum absolute atomic E-state index is 13.2. The fourth-order valence-corrected chi connectivity index (χ4v) is 5.60. The van der Waals surface area contributed by atoms with E-state index < -0.39 is 41.7 Å². The maximum atomic E-state index is 13.2. The molecule has 0 spiro atoms. The summed E-state index contributed by atoms with van der Waals surface area (Å²) in [6.45, 7) is 10.9. The molecule has 9 nitrogen and oxygen atoms in total. The van der Waals surface area contributed by atoms with Crippen molar-refractivity contribution in [2.75, 3.05) is 0 Å². The Morgan fingerprint density at radius 2 is 1.68 bits per heavy atom. The molecule has 0 aliphatic heterocycles. The molecule has 0 amide bonds. The Balaban J connectivity index is 2.27. The van der Waals surface area contributed by atoms with E-state index in [1.54, 1.807) is 33.3 Å². The van der Waals surface area contributed by atoms with Crippen molar-refractivity contribution < 1.29 is 29.0 Å². The Hall–Kier alpha value is -1.74. The summed E-state index contributed by atoms with van der Waals surface area (Å²) in [6.07, 6.45) is 2.67. The second-order valence-corrected chi connectivity index (χ2v) is 12.9. The standard InChI is InChI=1S/C26H35I2N3O6/c1-15(2)7-21(23(32)33)30-22(24(34)36-16(3)37-25(35)26(4,5)6)11-20-12-29-14-31(20)13-17-8-18(27)10-19(28)9-17/h8-10,12,14-16,21-22,30H,7,11,13H2,1-6H3,(H,32,33). The van der Waals surface area contributed by atoms with Crippen LogP contribution in [0.5, 0.6) is 0 Å². The first-order chi connectivity index (χ1) is 17.1. The summed E-state index contributed by atoms with van der Waals surface area (Å²) in [5.74, 6) is -2.18. The number of hydrogen-bond acceptors (Lipinski definition) is 7. The molecule has 11 heteroatoms. The summed E-state index contributed by atoms with van der Waals surface area (Å²) in [5, 5.41) is 12.7. The highest BCUT2D eigenvalue weighted by atomic mass is 127. The van der Waals surface area contributed by atoms with Gasteiger partial charge in [-0.15, -0.1) is 0 Å². The first-order valence-corrected chi connectivity index (χ1v) is 14.2. The van der Waals surface area contributed by atoms with Gasteiger partial charge in [-0.1, -0.05) is 13.8 Å². The van der Waals surface area contributed by atoms with E-state index in [0.29, 0.717) is 13.0 Å². The lowest BCUT2D eigenvalue weighted by atomic mass is 9.97. The minimum absolute atomic E-state index is 0.0884. The number of carbonyl (C=O) groups excluding carboxylic acids is 2. The van der Waals surface area contributed by atoms with Crippen LogP contribution in [0.3, 0.4) is 0 Å². The number of hydrogen-bond donors (Lipinski definition) is 2. The SMILES string of the molecule is CC(C)CC(NC(Cc1cncn1Cc1cc(I)cc(I)c1)C(=O)OC(C)OC(=O)C(C)(C)C)C(=O)O. The van der Waals surface area contributed by atoms with E-state index >= 15 is 0 Å². The lowest BCUT2D eigenvalue weighted by molar-refractivity contribution is -0.191. The summed E-state index contributed by atoms with van der Waals surface area (Å²) < 4.78 is 14.8. The topological polar surface area (TPSA) is 120 Å². The van der Waals surface area contributed by atoms with Gasteiger partial charge in [0.05, 0.1) is 11.7 Å². The number of esters is 2. The second kappa shape index (κ2) is 13.9. The molecule has 0 saturated heterocycles. The fraction of sp³-hybridized carbons (Fsp3) is 0.538. The van der Waals surface area contributed by atoms with Crippen LogP contribution in [-0.2, 0) is 36.8 Å². The van der Waals surface area contributed by atoms with Crippen molar-refractivity contribution in [3.63, 3.8) is 0 Å². The summed E-state index contributed by atoms with van der Waals surface area (Å²) >= 11 is 4.54. The quantitative estimate of drug-likeness (QED) is 0.184. The first kappa shape index (κ1) is 31.5. The predicted octanol–water partition coefficient (Wildman–Crippen LogP) is 4.62. The van der Waals surface area contributed by atoms with Crippen LogP contribution >= 0.6 is 45.2 Å². The number of nitrogens with one attached hydrogen (secondary N) is 1. The average Bonchev–Trinajstić information content (AvgIpc) is 3.17. The molecule has 0 bridgehead atoms. The van der Waals surface area contributed by atoms with Gasteiger partial charge in [0.2, 0.25) is 6.29 Å². The number of carbonyl (C=O) groups is 3. The van der Waals surface area contributed by atoms with Crippen LogP contribution in [0.15, 0.2) is 30.7 Å². The highest BCUT2D eigenvalue weighted by Crippen LogP contribution is 2.19. The number of carboxylic acids is 1. The van der Waals surface area contributed by atoms with E-state index in [4.69, 9.17) is 9.47 Å². The van der Waals surface area contributed by atoms with Crippen LogP contribution in [-0.4, -0.2) is 50.9 Å². The van der Waals surface area contributed by atoms with E-state index in [-0.39, 0.29) is 12.3 Å². The van der Waals surface area contributed by atoms with Crippen molar-refractivity contribution in [1.29, 1.82) is 0 Å². The van der Waals surface area contributed by atoms with Gasteiger partial charge in [-0.3, -0.25) is 19.7 Å². The Labute approximate surface area is 245 Å². The highest BCUT2D eigenvalue weighted by molar-refractivity contribution is 14.1. The van der Waals surface area contributed by atoms with Crippen molar-refractivity contribution in [2.24, 2.45) is 11.3 Å². The third kappa shape index (κ3) is 10.5. The molecule has 1 aromatic heterocycles. The summed E-state index contributed by atoms with van der Waals surface area (Å²) in [7, 11) is 0. The number of ether oxygens (including phenoxy) is 2. The zero-order valence-electron chi connectivity index (χ0n) is 22.0. The van der Waals surface area contributed by atoms with Gasteiger partial charge in [-0.25, -0.2) is 4.98 Å². The van der Waals surface area contributed by atoms with Gasteiger partial charge in [0.25, 0.3) is 0 Å². The van der Waals surface area contributed by atoms with Crippen molar-refractivity contribution >= 4 is 63.1 Å². The third-order valence-corrected chi connectivity index (χ3v) is 6.59. The molecule has 0 saturated carbocycles. The second-order valence-electron chi connectivity index (χ2n) is 10.4. The number of halogens is 2. The van der Waals surface area contributed by atoms with Crippen molar-refractivity contribution in [3.05, 3.63) is 49.1 Å². The summed E-state index contributed by atoms with van der Waals surface area (Å²) in [6, 6.07) is 4.26. The predicted molar refractivity (Wildman–Crippen MR) is 156 cm³/mol. The zero-order chi connectivity index (χ0) is 27.9. The molecule has 1 heterocycles. The van der Waals surface area contributed by atoms with E-state index in [1.807, 2.05) is 18.4 Å². The number of aliphatic carboxylic acids is 1. The third-order valence-electron chi connectivity index (χ3n) is 5.35. The highest BCUT2D eigenvalue weighted by Gasteiger charge is 2.32. The molecule has 2 N–H and O–H groups in total. The minimum Gasteiger partial charge on any atom is -0.480 e. The summed E-state index contributed by atoms with van der Waals surface area (Å²) in [4.78, 5) is 41.6. The molecule has 37 heavy (non-hydrogen) atoms. The Bertz CT molecular complexity index is 1080. The molecule has 0 fully saturated rings. The molecular weight excluding hydrogens is 704 g/mol. The van der Waals surface area contributed by atoms with Gasteiger partial charge in [0, 0.05) is 38.9 Å². The molecule has 0 radical (unpaired) electrons. The van der Waals surface area contributed by atoms with Crippen molar-refractivity contribution in [1.82, 2.24) is 14.9 Å². The van der Waals surface area contributed by atoms with Gasteiger partial charge >= 0.3 is 17.9 Å². The van der Waals surface area contributed by atoms with Gasteiger partial charge in [-0.2, -0.15) is 0 Å². The summed E-state index contributed by atoms with van der Waals surface area (Å²) in [5.41, 5.74) is 1.05. The average molecular weight is 739 g/mol. The molecule has 2 aromatic rings. The van der Waals surface area contributed by atoms with E-state index in [0.717, 1.165) is 18.4 Å². The molecular formula is C26H35I2N3O6. The Kier molecular flexibility index (Phi) is 11.8. The van der Waals surface area contributed by atoms with Crippen molar-refractivity contribution in [2.45, 2.75) is 79.3 Å². The van der Waals surface area contributed by atoms with Crippen LogP contribution in [0.2, 0.25) is 0 Å². The van der Waals surface area contributed by atoms with Crippen LogP contribution in [0.1, 0.15) is 59.2 Å². The lowest BCUT2D eigenvalue weighted by Crippen LogP contribution is -2.50. The van der Waals surface area contributed by atoms with Gasteiger partial charge < -0.3 is 19.1 Å². The normalized spacial score (nSPS) is 14.2. The number of carboxylic acid groups (broad SMARTS) is 1. The number of rotatable bonds is 12. The molecule has 3 unspecified atom stereocenters. The van der Waals surface area contributed by atoms with Crippen molar-refractivity contribution in [3.8, 4) is 0 Å². The van der Waals surface area contributed by atoms with E-state index in [9.17, 15) is 19.5 Å². The zero-order valence-corrected chi connectivity index (χ0v) is 26.3. The smallest absolute Gasteiger partial charge is 0.326 e. The molecule has 0 aliphatic rings. The van der Waals surface area contributed by atoms with Crippen LogP contribution in [0, 0.1) is 18.5 Å². The van der Waals surface area contributed by atoms with Crippen LogP contribution in [0.4, 0.5) is 0 Å². The number of benzene rings is 1. The van der Waals surface area contributed by atoms with Gasteiger partial charge in [0.15, 0.2) is 0 Å². The Morgan fingerprint density at radius 1 is 1.05 bits per heavy atom. The van der Waals surface area contributed by atoms with Crippen LogP contribution in [0.25, 0.3) is 0 Å². The maximum Gasteiger partial charge on any atom is 0.326 e. The van der Waals surface area contributed by atoms with Gasteiger partial charge in [-0.05, 0) is 102 Å². The number of nitrogens with zero attached hydrogens (tertiary/aromatic N) is 2. The molecule has 3 atom stereocenters. The monoisotopic (exact) mass is 739 g/mol. The Morgan fingerprint density at radius 3 is 2.22 bits per heavy atom. The van der Waals surface area contributed by atoms with E-state index in [2.05, 4.69) is 73.7 Å². The molecule has 2 rings (SSSR count). The number of imidazole rings is 1. The van der Waals surface area contributed by atoms with Crippen LogP contribution < -0.4 is 5.32 Å². The molecule has 1 aromatic carbocycles. The van der Waals surface area contributed by atoms with Gasteiger partial charge in [0.1, 0.15) is 12.1 Å². The molecule has 204 valence electrons. The first-order valence-electron chi connectivity index (χ1n) is 12.0. The van der Waals surface area contributed by atoms with E-state index in [1.165, 1.54) is 6.92 Å². The lowest BCUT2D eigenvalue weighted by Gasteiger charge is -2.26. The fourth-order valence-electron chi connectivity index (χ4n) is 3.53. The molecule has 0 aliphatic carbocycles. The largest absolute Gasteiger partial charge is 0.480 e.